The van der Waals surface area contributed by atoms with E-state index in [1.807, 2.05) is 0 Å². The Bertz CT molecular complexity index is 1390. The van der Waals surface area contributed by atoms with Gasteiger partial charge in [-0.15, -0.1) is 0 Å². The van der Waals surface area contributed by atoms with E-state index in [4.69, 9.17) is 9.47 Å². The first-order valence-corrected chi connectivity index (χ1v) is 11.6. The summed E-state index contributed by atoms with van der Waals surface area (Å²) in [5, 5.41) is 2.67. The van der Waals surface area contributed by atoms with Gasteiger partial charge < -0.3 is 14.8 Å². The molecule has 0 spiro atoms. The number of amides is 3. The third-order valence-corrected chi connectivity index (χ3v) is 6.52. The Morgan fingerprint density at radius 1 is 0.974 bits per heavy atom. The molecule has 1 atom stereocenters. The van der Waals surface area contributed by atoms with Crippen molar-refractivity contribution in [2.75, 3.05) is 14.2 Å². The summed E-state index contributed by atoms with van der Waals surface area (Å²) in [6.07, 6.45) is -4.72. The molecule has 0 aliphatic carbocycles. The van der Waals surface area contributed by atoms with Crippen LogP contribution < -0.4 is 10.1 Å². The monoisotopic (exact) mass is 526 g/mol. The number of rotatable bonds is 7. The first kappa shape index (κ1) is 26.7. The normalized spacial score (nSPS) is 17.4. The number of halogens is 3. The van der Waals surface area contributed by atoms with Crippen molar-refractivity contribution in [2.45, 2.75) is 31.6 Å². The maximum Gasteiger partial charge on any atom is 0.416 e. The SMILES string of the molecule is COC(=O)Cc1ccc(OC)c(-c2ccc(C(F)(F)F)cc2CN2C(=O)NC(C)(c3ccccc3)C2=O)c1. The third-order valence-electron chi connectivity index (χ3n) is 6.52. The molecule has 4 rings (SSSR count). The Hall–Kier alpha value is -4.34. The lowest BCUT2D eigenvalue weighted by molar-refractivity contribution is -0.140. The third kappa shape index (κ3) is 5.06. The Labute approximate surface area is 217 Å². The van der Waals surface area contributed by atoms with E-state index >= 15 is 0 Å². The van der Waals surface area contributed by atoms with Gasteiger partial charge >= 0.3 is 18.2 Å². The van der Waals surface area contributed by atoms with Gasteiger partial charge in [-0.3, -0.25) is 14.5 Å². The van der Waals surface area contributed by atoms with Gasteiger partial charge in [0.2, 0.25) is 0 Å². The summed E-state index contributed by atoms with van der Waals surface area (Å²) < 4.78 is 51.2. The van der Waals surface area contributed by atoms with Gasteiger partial charge in [0.1, 0.15) is 11.3 Å². The standard InChI is InChI=1S/C28H25F3N2O5/c1-27(19-7-5-4-6-8-19)25(35)33(26(36)32-27)16-18-15-20(28(29,30)31)10-11-21(18)22-13-17(14-24(34)38-3)9-12-23(22)37-2/h4-13,15H,14,16H2,1-3H3,(H,32,36). The second kappa shape index (κ2) is 10.2. The van der Waals surface area contributed by atoms with Crippen LogP contribution in [-0.4, -0.2) is 37.0 Å². The molecule has 1 N–H and O–H groups in total. The molecular formula is C28H25F3N2O5. The summed E-state index contributed by atoms with van der Waals surface area (Å²) in [6, 6.07) is 15.8. The maximum absolute atomic E-state index is 13.7. The fraction of sp³-hybridized carbons (Fsp3) is 0.250. The first-order valence-electron chi connectivity index (χ1n) is 11.6. The number of ether oxygens (including phenoxy) is 2. The topological polar surface area (TPSA) is 84.9 Å². The van der Waals surface area contributed by atoms with Gasteiger partial charge in [-0.05, 0) is 53.4 Å². The molecule has 0 bridgehead atoms. The summed E-state index contributed by atoms with van der Waals surface area (Å²) in [5.74, 6) is -0.747. The minimum atomic E-state index is -4.65. The van der Waals surface area contributed by atoms with Crippen LogP contribution in [0.1, 0.15) is 29.2 Å². The summed E-state index contributed by atoms with van der Waals surface area (Å²) in [6.45, 7) is 1.13. The van der Waals surface area contributed by atoms with Crippen molar-refractivity contribution in [3.05, 3.63) is 89.0 Å². The number of hydrogen-bond donors (Lipinski definition) is 1. The Balaban J connectivity index is 1.80. The van der Waals surface area contributed by atoms with E-state index in [0.29, 0.717) is 28.0 Å². The number of nitrogens with one attached hydrogen (secondary N) is 1. The zero-order valence-corrected chi connectivity index (χ0v) is 20.9. The van der Waals surface area contributed by atoms with Crippen LogP contribution in [0.5, 0.6) is 5.75 Å². The number of carbonyl (C=O) groups is 3. The van der Waals surface area contributed by atoms with E-state index in [9.17, 15) is 27.6 Å². The second-order valence-electron chi connectivity index (χ2n) is 8.97. The van der Waals surface area contributed by atoms with Crippen molar-refractivity contribution in [1.82, 2.24) is 10.2 Å². The minimum absolute atomic E-state index is 0.0636. The summed E-state index contributed by atoms with van der Waals surface area (Å²) in [7, 11) is 2.66. The number of methoxy groups -OCH3 is 2. The van der Waals surface area contributed by atoms with Crippen LogP contribution >= 0.6 is 0 Å². The van der Waals surface area contributed by atoms with Crippen molar-refractivity contribution >= 4 is 17.9 Å². The molecule has 1 heterocycles. The predicted octanol–water partition coefficient (Wildman–Crippen LogP) is 5.06. The van der Waals surface area contributed by atoms with E-state index in [1.165, 1.54) is 20.3 Å². The van der Waals surface area contributed by atoms with Gasteiger partial charge in [0.15, 0.2) is 0 Å². The van der Waals surface area contributed by atoms with Gasteiger partial charge in [0.05, 0.1) is 32.7 Å². The highest BCUT2D eigenvalue weighted by molar-refractivity contribution is 6.07. The van der Waals surface area contributed by atoms with Gasteiger partial charge in [0.25, 0.3) is 5.91 Å². The van der Waals surface area contributed by atoms with Crippen LogP contribution in [0, 0.1) is 0 Å². The average molecular weight is 527 g/mol. The van der Waals surface area contributed by atoms with E-state index < -0.39 is 41.7 Å². The molecule has 0 aromatic heterocycles. The van der Waals surface area contributed by atoms with Crippen molar-refractivity contribution in [3.63, 3.8) is 0 Å². The smallest absolute Gasteiger partial charge is 0.416 e. The highest BCUT2D eigenvalue weighted by Gasteiger charge is 2.49. The molecule has 1 unspecified atom stereocenters. The number of urea groups is 1. The number of hydrogen-bond acceptors (Lipinski definition) is 5. The molecule has 0 radical (unpaired) electrons. The van der Waals surface area contributed by atoms with Crippen LogP contribution in [0.3, 0.4) is 0 Å². The first-order chi connectivity index (χ1) is 18.0. The highest BCUT2D eigenvalue weighted by atomic mass is 19.4. The number of esters is 1. The lowest BCUT2D eigenvalue weighted by atomic mass is 9.91. The maximum atomic E-state index is 13.7. The number of nitrogens with zero attached hydrogens (tertiary/aromatic N) is 1. The van der Waals surface area contributed by atoms with Gasteiger partial charge in [-0.2, -0.15) is 13.2 Å². The summed E-state index contributed by atoms with van der Waals surface area (Å²) >= 11 is 0. The van der Waals surface area contributed by atoms with E-state index in [1.54, 1.807) is 55.5 Å². The Morgan fingerprint density at radius 2 is 1.68 bits per heavy atom. The summed E-state index contributed by atoms with van der Waals surface area (Å²) in [5.41, 5.74) is -0.426. The number of imide groups is 1. The fourth-order valence-corrected chi connectivity index (χ4v) is 4.46. The van der Waals surface area contributed by atoms with Crippen molar-refractivity contribution in [2.24, 2.45) is 0 Å². The zero-order chi connectivity index (χ0) is 27.7. The fourth-order valence-electron chi connectivity index (χ4n) is 4.46. The molecule has 3 aromatic carbocycles. The molecule has 1 fully saturated rings. The van der Waals surface area contributed by atoms with Crippen molar-refractivity contribution < 1.29 is 37.0 Å². The van der Waals surface area contributed by atoms with E-state index in [-0.39, 0.29) is 12.0 Å². The Kier molecular flexibility index (Phi) is 7.17. The molecule has 38 heavy (non-hydrogen) atoms. The van der Waals surface area contributed by atoms with E-state index in [0.717, 1.165) is 17.0 Å². The molecule has 0 saturated carbocycles. The van der Waals surface area contributed by atoms with Crippen molar-refractivity contribution in [1.29, 1.82) is 0 Å². The summed E-state index contributed by atoms with van der Waals surface area (Å²) in [4.78, 5) is 39.1. The molecule has 1 saturated heterocycles. The largest absolute Gasteiger partial charge is 0.496 e. The van der Waals surface area contributed by atoms with E-state index in [2.05, 4.69) is 5.32 Å². The van der Waals surface area contributed by atoms with Crippen LogP contribution in [0.4, 0.5) is 18.0 Å². The zero-order valence-electron chi connectivity index (χ0n) is 20.9. The van der Waals surface area contributed by atoms with Gasteiger partial charge in [-0.1, -0.05) is 42.5 Å². The number of benzene rings is 3. The van der Waals surface area contributed by atoms with Crippen LogP contribution in [-0.2, 0) is 39.0 Å². The van der Waals surface area contributed by atoms with Crippen LogP contribution in [0.2, 0.25) is 0 Å². The molecule has 3 amide bonds. The molecule has 1 aliphatic heterocycles. The predicted molar refractivity (Wildman–Crippen MR) is 132 cm³/mol. The molecule has 1 aliphatic rings. The number of carbonyl (C=O) groups excluding carboxylic acids is 3. The molecule has 10 heteroatoms. The molecule has 198 valence electrons. The molecular weight excluding hydrogens is 501 g/mol. The quantitative estimate of drug-likeness (QED) is 0.344. The average Bonchev–Trinajstić information content (AvgIpc) is 3.12. The molecule has 7 nitrogen and oxygen atoms in total. The van der Waals surface area contributed by atoms with Gasteiger partial charge in [0, 0.05) is 5.56 Å². The number of alkyl halides is 3. The Morgan fingerprint density at radius 3 is 2.32 bits per heavy atom. The van der Waals surface area contributed by atoms with Crippen molar-refractivity contribution in [3.8, 4) is 16.9 Å². The minimum Gasteiger partial charge on any atom is -0.496 e. The van der Waals surface area contributed by atoms with Gasteiger partial charge in [-0.25, -0.2) is 4.79 Å². The van der Waals surface area contributed by atoms with Crippen LogP contribution in [0.15, 0.2) is 66.7 Å². The van der Waals surface area contributed by atoms with Crippen LogP contribution in [0.25, 0.3) is 11.1 Å². The highest BCUT2D eigenvalue weighted by Crippen LogP contribution is 2.39. The molecule has 3 aromatic rings. The lowest BCUT2D eigenvalue weighted by Crippen LogP contribution is -2.40. The second-order valence-corrected chi connectivity index (χ2v) is 8.97. The lowest BCUT2D eigenvalue weighted by Gasteiger charge is -2.23.